The van der Waals surface area contributed by atoms with Gasteiger partial charge in [0.2, 0.25) is 0 Å². The van der Waals surface area contributed by atoms with Crippen LogP contribution in [0, 0.1) is 0 Å². The molecule has 0 amide bonds. The Labute approximate surface area is 142 Å². The second-order valence-corrected chi connectivity index (χ2v) is 5.92. The molecule has 24 heavy (non-hydrogen) atoms. The minimum absolute atomic E-state index is 0.00934. The molecule has 1 heterocycles. The number of aliphatic hydroxyl groups excluding tert-OH is 1. The lowest BCUT2D eigenvalue weighted by atomic mass is 10.1. The molecule has 1 aromatic heterocycles. The van der Waals surface area contributed by atoms with Crippen LogP contribution in [0.3, 0.4) is 0 Å². The maximum Gasteiger partial charge on any atom is 0.159 e. The molecular weight excluding hydrogens is 304 g/mol. The third-order valence-electron chi connectivity index (χ3n) is 3.96. The van der Waals surface area contributed by atoms with Gasteiger partial charge in [0, 0.05) is 24.3 Å². The number of ether oxygens (including phenoxy) is 1. The van der Waals surface area contributed by atoms with Crippen LogP contribution in [0.25, 0.3) is 0 Å². The molecule has 0 radical (unpaired) electrons. The monoisotopic (exact) mass is 328 g/mol. The van der Waals surface area contributed by atoms with Crippen LogP contribution in [0.1, 0.15) is 35.9 Å². The Morgan fingerprint density at radius 1 is 1.29 bits per heavy atom. The molecule has 0 saturated carbocycles. The van der Waals surface area contributed by atoms with Gasteiger partial charge in [0.05, 0.1) is 5.69 Å². The van der Waals surface area contributed by atoms with Crippen LogP contribution in [-0.4, -0.2) is 47.1 Å². The van der Waals surface area contributed by atoms with Crippen LogP contribution in [0.4, 0.5) is 0 Å². The van der Waals surface area contributed by atoms with E-state index in [2.05, 4.69) is 4.98 Å². The van der Waals surface area contributed by atoms with Crippen molar-refractivity contribution in [1.82, 2.24) is 9.88 Å². The molecule has 0 aliphatic rings. The SMILES string of the molecule is CC(=O)c1cccc(OCC(O)CN(C)C(C)c2ccccn2)c1. The first-order valence-corrected chi connectivity index (χ1v) is 8.00. The van der Waals surface area contributed by atoms with Crippen LogP contribution < -0.4 is 4.74 Å². The molecule has 1 aromatic carbocycles. The van der Waals surface area contributed by atoms with E-state index in [0.29, 0.717) is 17.9 Å². The van der Waals surface area contributed by atoms with Gasteiger partial charge in [-0.25, -0.2) is 0 Å². The summed E-state index contributed by atoms with van der Waals surface area (Å²) in [6.07, 6.45) is 1.13. The van der Waals surface area contributed by atoms with Gasteiger partial charge in [-0.2, -0.15) is 0 Å². The molecule has 5 nitrogen and oxygen atoms in total. The molecule has 0 aliphatic heterocycles. The highest BCUT2D eigenvalue weighted by atomic mass is 16.5. The third kappa shape index (κ3) is 5.15. The Balaban J connectivity index is 1.85. The van der Waals surface area contributed by atoms with Crippen molar-refractivity contribution in [3.05, 3.63) is 59.9 Å². The topological polar surface area (TPSA) is 62.7 Å². The molecular formula is C19H24N2O3. The number of hydrogen-bond donors (Lipinski definition) is 1. The zero-order chi connectivity index (χ0) is 17.5. The molecule has 5 heteroatoms. The number of aromatic nitrogens is 1. The first-order valence-electron chi connectivity index (χ1n) is 8.00. The standard InChI is InChI=1S/C19H24N2O3/c1-14(19-9-4-5-10-20-19)21(3)12-17(23)13-24-18-8-6-7-16(11-18)15(2)22/h4-11,14,17,23H,12-13H2,1-3H3. The molecule has 0 spiro atoms. The van der Waals surface area contributed by atoms with Gasteiger partial charge in [-0.15, -0.1) is 0 Å². The Kier molecular flexibility index (Phi) is 6.46. The molecule has 128 valence electrons. The van der Waals surface area contributed by atoms with Gasteiger partial charge in [0.1, 0.15) is 18.5 Å². The first kappa shape index (κ1) is 18.1. The normalized spacial score (nSPS) is 13.5. The highest BCUT2D eigenvalue weighted by Crippen LogP contribution is 2.17. The average molecular weight is 328 g/mol. The highest BCUT2D eigenvalue weighted by Gasteiger charge is 2.16. The summed E-state index contributed by atoms with van der Waals surface area (Å²) in [5.74, 6) is 0.576. The fourth-order valence-electron chi connectivity index (χ4n) is 2.39. The Hall–Kier alpha value is -2.24. The zero-order valence-corrected chi connectivity index (χ0v) is 14.3. The Morgan fingerprint density at radius 2 is 2.08 bits per heavy atom. The molecule has 2 rings (SSSR count). The summed E-state index contributed by atoms with van der Waals surface area (Å²) in [4.78, 5) is 17.7. The van der Waals surface area contributed by atoms with Crippen molar-refractivity contribution in [2.75, 3.05) is 20.2 Å². The summed E-state index contributed by atoms with van der Waals surface area (Å²) in [6.45, 7) is 4.19. The number of rotatable bonds is 8. The van der Waals surface area contributed by atoms with E-state index in [0.717, 1.165) is 5.69 Å². The number of hydrogen-bond acceptors (Lipinski definition) is 5. The maximum atomic E-state index is 11.4. The smallest absolute Gasteiger partial charge is 0.159 e. The van der Waals surface area contributed by atoms with Crippen LogP contribution in [0.2, 0.25) is 0 Å². The maximum absolute atomic E-state index is 11.4. The minimum Gasteiger partial charge on any atom is -0.491 e. The van der Waals surface area contributed by atoms with E-state index in [9.17, 15) is 9.90 Å². The number of aliphatic hydroxyl groups is 1. The quantitative estimate of drug-likeness (QED) is 0.755. The molecule has 1 N–H and O–H groups in total. The summed E-state index contributed by atoms with van der Waals surface area (Å²) < 4.78 is 5.60. The number of likely N-dealkylation sites (N-methyl/N-ethyl adjacent to an activating group) is 1. The van der Waals surface area contributed by atoms with Crippen molar-refractivity contribution >= 4 is 5.78 Å². The summed E-state index contributed by atoms with van der Waals surface area (Å²) >= 11 is 0. The van der Waals surface area contributed by atoms with Crippen molar-refractivity contribution < 1.29 is 14.6 Å². The van der Waals surface area contributed by atoms with Crippen LogP contribution in [-0.2, 0) is 0 Å². The molecule has 2 atom stereocenters. The van der Waals surface area contributed by atoms with Crippen molar-refractivity contribution in [2.45, 2.75) is 26.0 Å². The van der Waals surface area contributed by atoms with Crippen molar-refractivity contribution in [3.8, 4) is 5.75 Å². The van der Waals surface area contributed by atoms with E-state index < -0.39 is 6.10 Å². The molecule has 2 unspecified atom stereocenters. The van der Waals surface area contributed by atoms with E-state index in [-0.39, 0.29) is 18.4 Å². The predicted octanol–water partition coefficient (Wildman–Crippen LogP) is 2.72. The lowest BCUT2D eigenvalue weighted by Crippen LogP contribution is -2.35. The number of benzene rings is 1. The van der Waals surface area contributed by atoms with E-state index in [4.69, 9.17) is 4.74 Å². The van der Waals surface area contributed by atoms with E-state index in [1.807, 2.05) is 37.1 Å². The second kappa shape index (κ2) is 8.57. The van der Waals surface area contributed by atoms with E-state index in [1.165, 1.54) is 6.92 Å². The number of pyridine rings is 1. The number of nitrogens with zero attached hydrogens (tertiary/aromatic N) is 2. The van der Waals surface area contributed by atoms with Crippen LogP contribution >= 0.6 is 0 Å². The van der Waals surface area contributed by atoms with Gasteiger partial charge in [-0.05, 0) is 45.2 Å². The van der Waals surface area contributed by atoms with Crippen molar-refractivity contribution in [3.63, 3.8) is 0 Å². The van der Waals surface area contributed by atoms with Gasteiger partial charge in [-0.3, -0.25) is 14.7 Å². The summed E-state index contributed by atoms with van der Waals surface area (Å²) in [7, 11) is 1.94. The molecule has 0 fully saturated rings. The van der Waals surface area contributed by atoms with Crippen LogP contribution in [0.5, 0.6) is 5.75 Å². The first-order chi connectivity index (χ1) is 11.5. The number of carbonyl (C=O) groups excluding carboxylic acids is 1. The average Bonchev–Trinajstić information content (AvgIpc) is 2.60. The van der Waals surface area contributed by atoms with Crippen LogP contribution in [0.15, 0.2) is 48.7 Å². The van der Waals surface area contributed by atoms with Gasteiger partial charge in [0.25, 0.3) is 0 Å². The van der Waals surface area contributed by atoms with Crippen molar-refractivity contribution in [1.29, 1.82) is 0 Å². The lowest BCUT2D eigenvalue weighted by Gasteiger charge is -2.26. The number of Topliss-reactive ketones (excluding diaryl/α,β-unsaturated/α-hetero) is 1. The highest BCUT2D eigenvalue weighted by molar-refractivity contribution is 5.94. The Bertz CT molecular complexity index is 661. The van der Waals surface area contributed by atoms with Gasteiger partial charge >= 0.3 is 0 Å². The van der Waals surface area contributed by atoms with Gasteiger partial charge in [-0.1, -0.05) is 18.2 Å². The fourth-order valence-corrected chi connectivity index (χ4v) is 2.39. The van der Waals surface area contributed by atoms with Gasteiger partial charge in [0.15, 0.2) is 5.78 Å². The predicted molar refractivity (Wildman–Crippen MR) is 93.2 cm³/mol. The lowest BCUT2D eigenvalue weighted by molar-refractivity contribution is 0.0648. The molecule has 0 aliphatic carbocycles. The number of carbonyl (C=O) groups is 1. The molecule has 2 aromatic rings. The third-order valence-corrected chi connectivity index (χ3v) is 3.96. The van der Waals surface area contributed by atoms with E-state index >= 15 is 0 Å². The summed E-state index contributed by atoms with van der Waals surface area (Å²) in [6, 6.07) is 12.9. The molecule has 0 bridgehead atoms. The summed E-state index contributed by atoms with van der Waals surface area (Å²) in [5.41, 5.74) is 1.56. The molecule has 0 saturated heterocycles. The number of ketones is 1. The summed E-state index contributed by atoms with van der Waals surface area (Å²) in [5, 5.41) is 10.2. The Morgan fingerprint density at radius 3 is 2.75 bits per heavy atom. The van der Waals surface area contributed by atoms with E-state index in [1.54, 1.807) is 30.5 Å². The second-order valence-electron chi connectivity index (χ2n) is 5.92. The fraction of sp³-hybridized carbons (Fsp3) is 0.368. The minimum atomic E-state index is -0.637. The largest absolute Gasteiger partial charge is 0.491 e. The van der Waals surface area contributed by atoms with Gasteiger partial charge < -0.3 is 9.84 Å². The zero-order valence-electron chi connectivity index (χ0n) is 14.3. The van der Waals surface area contributed by atoms with Crippen molar-refractivity contribution in [2.24, 2.45) is 0 Å².